The van der Waals surface area contributed by atoms with Crippen LogP contribution in [-0.4, -0.2) is 4.57 Å². The Balaban J connectivity index is 1.93. The molecule has 1 aliphatic carbocycles. The van der Waals surface area contributed by atoms with Crippen molar-refractivity contribution in [1.82, 2.24) is 4.57 Å². The third kappa shape index (κ3) is 0.988. The maximum absolute atomic E-state index is 2.42. The van der Waals surface area contributed by atoms with Gasteiger partial charge in [-0.25, -0.2) is 0 Å². The van der Waals surface area contributed by atoms with E-state index in [0.29, 0.717) is 0 Å². The quantitative estimate of drug-likeness (QED) is 0.563. The topological polar surface area (TPSA) is 4.93 Å². The minimum Gasteiger partial charge on any atom is -0.334 e. The predicted molar refractivity (Wildman–Crippen MR) is 78.2 cm³/mol. The van der Waals surface area contributed by atoms with Crippen LogP contribution < -0.4 is 0 Å². The standard InChI is InChI=1S/C18H13N/c1-4-13-5-2-8-16-17(13)14(6-1)12-18(16)10-9-15-7-3-11-19(15)18/h1-11H,12H2. The number of rotatable bonds is 0. The molecule has 0 radical (unpaired) electrons. The summed E-state index contributed by atoms with van der Waals surface area (Å²) in [4.78, 5) is 0. The monoisotopic (exact) mass is 243 g/mol. The smallest absolute Gasteiger partial charge is 0.0930 e. The fourth-order valence-electron chi connectivity index (χ4n) is 3.87. The van der Waals surface area contributed by atoms with Crippen molar-refractivity contribution in [2.24, 2.45) is 0 Å². The lowest BCUT2D eigenvalue weighted by atomic mass is 9.91. The van der Waals surface area contributed by atoms with Gasteiger partial charge in [-0.1, -0.05) is 42.5 Å². The SMILES string of the molecule is C1=CC2(Cc3cccc4cccc2c34)n2cccc21. The highest BCUT2D eigenvalue weighted by Gasteiger charge is 2.41. The van der Waals surface area contributed by atoms with E-state index in [9.17, 15) is 0 Å². The van der Waals surface area contributed by atoms with E-state index in [1.54, 1.807) is 0 Å². The van der Waals surface area contributed by atoms with E-state index in [-0.39, 0.29) is 5.54 Å². The zero-order valence-electron chi connectivity index (χ0n) is 10.5. The van der Waals surface area contributed by atoms with E-state index in [4.69, 9.17) is 0 Å². The van der Waals surface area contributed by atoms with Crippen molar-refractivity contribution in [2.45, 2.75) is 12.0 Å². The summed E-state index contributed by atoms with van der Waals surface area (Å²) in [5.74, 6) is 0. The first-order chi connectivity index (χ1) is 9.38. The van der Waals surface area contributed by atoms with E-state index < -0.39 is 0 Å². The van der Waals surface area contributed by atoms with E-state index in [1.165, 1.54) is 27.6 Å². The number of hydrogen-bond acceptors (Lipinski definition) is 0. The van der Waals surface area contributed by atoms with Crippen molar-refractivity contribution in [3.05, 3.63) is 77.6 Å². The molecule has 90 valence electrons. The van der Waals surface area contributed by atoms with Crippen molar-refractivity contribution < 1.29 is 0 Å². The van der Waals surface area contributed by atoms with Gasteiger partial charge < -0.3 is 4.57 Å². The van der Waals surface area contributed by atoms with Crippen molar-refractivity contribution in [1.29, 1.82) is 0 Å². The summed E-state index contributed by atoms with van der Waals surface area (Å²) in [6, 6.07) is 17.7. The van der Waals surface area contributed by atoms with E-state index in [2.05, 4.69) is 71.4 Å². The van der Waals surface area contributed by atoms with Crippen LogP contribution >= 0.6 is 0 Å². The average Bonchev–Trinajstić information content (AvgIpc) is 3.09. The lowest BCUT2D eigenvalue weighted by Crippen LogP contribution is -2.29. The van der Waals surface area contributed by atoms with Crippen LogP contribution in [0.2, 0.25) is 0 Å². The molecule has 1 spiro atoms. The lowest BCUT2D eigenvalue weighted by Gasteiger charge is -2.27. The van der Waals surface area contributed by atoms with Gasteiger partial charge in [-0.2, -0.15) is 0 Å². The van der Waals surface area contributed by atoms with Crippen molar-refractivity contribution >= 4 is 16.8 Å². The first-order valence-electron chi connectivity index (χ1n) is 6.77. The molecule has 0 bridgehead atoms. The third-order valence-corrected chi connectivity index (χ3v) is 4.66. The molecule has 0 saturated heterocycles. The summed E-state index contributed by atoms with van der Waals surface area (Å²) in [5.41, 5.74) is 4.25. The van der Waals surface area contributed by atoms with Gasteiger partial charge in [-0.3, -0.25) is 0 Å². The zero-order valence-corrected chi connectivity index (χ0v) is 10.5. The van der Waals surface area contributed by atoms with Crippen molar-refractivity contribution in [2.75, 3.05) is 0 Å². The molecule has 0 amide bonds. The van der Waals surface area contributed by atoms with Crippen LogP contribution in [0.1, 0.15) is 16.8 Å². The number of hydrogen-bond donors (Lipinski definition) is 0. The highest BCUT2D eigenvalue weighted by atomic mass is 15.1. The van der Waals surface area contributed by atoms with E-state index in [0.717, 1.165) is 6.42 Å². The van der Waals surface area contributed by atoms with Gasteiger partial charge in [0.15, 0.2) is 0 Å². The number of allylic oxidation sites excluding steroid dienone is 1. The van der Waals surface area contributed by atoms with Gasteiger partial charge in [0.05, 0.1) is 5.54 Å². The first kappa shape index (κ1) is 9.62. The van der Waals surface area contributed by atoms with Crippen molar-refractivity contribution in [3.63, 3.8) is 0 Å². The summed E-state index contributed by atoms with van der Waals surface area (Å²) in [7, 11) is 0. The Morgan fingerprint density at radius 2 is 1.84 bits per heavy atom. The highest BCUT2D eigenvalue weighted by molar-refractivity contribution is 5.93. The van der Waals surface area contributed by atoms with Crippen LogP contribution in [0.25, 0.3) is 16.8 Å². The van der Waals surface area contributed by atoms with Gasteiger partial charge in [0.25, 0.3) is 0 Å². The molecule has 1 heteroatoms. The maximum Gasteiger partial charge on any atom is 0.0930 e. The molecule has 5 rings (SSSR count). The highest BCUT2D eigenvalue weighted by Crippen LogP contribution is 2.47. The second-order valence-electron chi connectivity index (χ2n) is 5.56. The second kappa shape index (κ2) is 3.00. The predicted octanol–water partition coefficient (Wildman–Crippen LogP) is 3.97. The Morgan fingerprint density at radius 3 is 2.79 bits per heavy atom. The maximum atomic E-state index is 2.42. The molecule has 1 unspecified atom stereocenters. The number of fused-ring (bicyclic) bond motifs is 3. The number of nitrogens with zero attached hydrogens (tertiary/aromatic N) is 1. The molecule has 3 aromatic rings. The van der Waals surface area contributed by atoms with Gasteiger partial charge in [-0.15, -0.1) is 0 Å². The normalized spacial score (nSPS) is 22.5. The fourth-order valence-corrected chi connectivity index (χ4v) is 3.87. The van der Waals surface area contributed by atoms with Crippen LogP contribution in [0.5, 0.6) is 0 Å². The van der Waals surface area contributed by atoms with Gasteiger partial charge in [0.1, 0.15) is 0 Å². The summed E-state index contributed by atoms with van der Waals surface area (Å²) >= 11 is 0. The second-order valence-corrected chi connectivity index (χ2v) is 5.56. The van der Waals surface area contributed by atoms with Gasteiger partial charge in [0.2, 0.25) is 0 Å². The number of aromatic nitrogens is 1. The lowest BCUT2D eigenvalue weighted by molar-refractivity contribution is 0.476. The van der Waals surface area contributed by atoms with Gasteiger partial charge in [-0.05, 0) is 40.1 Å². The molecule has 1 aliphatic heterocycles. The molecule has 2 aromatic carbocycles. The molecule has 2 heterocycles. The summed E-state index contributed by atoms with van der Waals surface area (Å²) < 4.78 is 2.42. The van der Waals surface area contributed by atoms with Crippen molar-refractivity contribution in [3.8, 4) is 0 Å². The molecule has 0 fully saturated rings. The third-order valence-electron chi connectivity index (χ3n) is 4.66. The van der Waals surface area contributed by atoms with Crippen LogP contribution in [0.4, 0.5) is 0 Å². The summed E-state index contributed by atoms with van der Waals surface area (Å²) in [5, 5.41) is 2.82. The molecule has 1 aromatic heterocycles. The molecular weight excluding hydrogens is 230 g/mol. The van der Waals surface area contributed by atoms with Crippen LogP contribution in [0, 0.1) is 0 Å². The Bertz CT molecular complexity index is 848. The average molecular weight is 243 g/mol. The molecular formula is C18H13N. The van der Waals surface area contributed by atoms with Gasteiger partial charge in [0, 0.05) is 18.3 Å². The Kier molecular flexibility index (Phi) is 1.52. The minimum atomic E-state index is 0.0159. The van der Waals surface area contributed by atoms with Crippen LogP contribution in [0.3, 0.4) is 0 Å². The van der Waals surface area contributed by atoms with Gasteiger partial charge >= 0.3 is 0 Å². The van der Waals surface area contributed by atoms with Crippen LogP contribution in [-0.2, 0) is 12.0 Å². The molecule has 1 atom stereocenters. The van der Waals surface area contributed by atoms with Crippen LogP contribution in [0.15, 0.2) is 60.8 Å². The largest absolute Gasteiger partial charge is 0.334 e. The summed E-state index contributed by atoms with van der Waals surface area (Å²) in [6.07, 6.45) is 7.91. The molecule has 2 aliphatic rings. The molecule has 0 N–H and O–H groups in total. The fraction of sp³-hybridized carbons (Fsp3) is 0.111. The molecule has 0 saturated carbocycles. The first-order valence-corrected chi connectivity index (χ1v) is 6.77. The Labute approximate surface area is 111 Å². The Hall–Kier alpha value is -2.28. The molecule has 1 nitrogen and oxygen atoms in total. The van der Waals surface area contributed by atoms with E-state index >= 15 is 0 Å². The zero-order chi connectivity index (χ0) is 12.4. The van der Waals surface area contributed by atoms with E-state index in [1.807, 2.05) is 0 Å². The minimum absolute atomic E-state index is 0.0159. The Morgan fingerprint density at radius 1 is 0.947 bits per heavy atom. The molecule has 19 heavy (non-hydrogen) atoms. The number of benzene rings is 2. The summed E-state index contributed by atoms with van der Waals surface area (Å²) in [6.45, 7) is 0.